The number of phosphoric ester groups is 1. The molecule has 4 atom stereocenters. The molecule has 0 aromatic carbocycles. The van der Waals surface area contributed by atoms with Gasteiger partial charge in [0.1, 0.15) is 24.6 Å². The van der Waals surface area contributed by atoms with Gasteiger partial charge in [-0.15, -0.1) is 0 Å². The zero-order chi connectivity index (χ0) is 15.8. The summed E-state index contributed by atoms with van der Waals surface area (Å²) in [5.41, 5.74) is 4.35. The molecule has 2 heterocycles. The molecule has 1 aliphatic rings. The Morgan fingerprint density at radius 1 is 1.43 bits per heavy atom. The maximum absolute atomic E-state index is 11.6. The number of nitrogen functional groups attached to an aromatic ring is 1. The van der Waals surface area contributed by atoms with E-state index in [1.54, 1.807) is 0 Å². The lowest BCUT2D eigenvalue weighted by molar-refractivity contribution is -0.0547. The van der Waals surface area contributed by atoms with Gasteiger partial charge in [0.25, 0.3) is 0 Å². The van der Waals surface area contributed by atoms with Crippen LogP contribution in [0.4, 0.5) is 5.95 Å². The molecule has 1 aromatic heterocycles. The number of nitrogens with two attached hydrogens (primary N) is 1. The Morgan fingerprint density at radius 3 is 2.67 bits per heavy atom. The summed E-state index contributed by atoms with van der Waals surface area (Å²) in [4.78, 5) is 35.7. The van der Waals surface area contributed by atoms with Crippen molar-refractivity contribution in [3.63, 3.8) is 0 Å². The monoisotopic (exact) mass is 324 g/mol. The highest BCUT2D eigenvalue weighted by Crippen LogP contribution is 2.38. The molecule has 0 unspecified atom stereocenters. The first kappa shape index (κ1) is 16.0. The largest absolute Gasteiger partial charge is 0.469 e. The number of aliphatic hydroxyl groups is 2. The Balaban J connectivity index is 2.16. The number of phosphoric acid groups is 1. The highest BCUT2D eigenvalue weighted by molar-refractivity contribution is 7.46. The van der Waals surface area contributed by atoms with Gasteiger partial charge in [0.2, 0.25) is 5.95 Å². The molecule has 0 spiro atoms. The predicted octanol–water partition coefficient (Wildman–Crippen LogP) is -3.05. The third kappa shape index (κ3) is 3.63. The number of nitrogens with zero attached hydrogens (tertiary/aromatic N) is 3. The van der Waals surface area contributed by atoms with E-state index in [1.165, 1.54) is 0 Å². The van der Waals surface area contributed by atoms with Crippen LogP contribution in [0.3, 0.4) is 0 Å². The smallest absolute Gasteiger partial charge is 0.387 e. The van der Waals surface area contributed by atoms with Gasteiger partial charge in [-0.05, 0) is 0 Å². The second-order valence-corrected chi connectivity index (χ2v) is 5.48. The Labute approximate surface area is 117 Å². The van der Waals surface area contributed by atoms with Crippen molar-refractivity contribution < 1.29 is 33.8 Å². The van der Waals surface area contributed by atoms with Gasteiger partial charge in [0.15, 0.2) is 6.23 Å². The molecule has 0 radical (unpaired) electrons. The first-order valence-electron chi connectivity index (χ1n) is 5.61. The fourth-order valence-corrected chi connectivity index (χ4v) is 2.14. The van der Waals surface area contributed by atoms with E-state index in [0.717, 1.165) is 10.9 Å². The van der Waals surface area contributed by atoms with Crippen LogP contribution >= 0.6 is 7.82 Å². The molecule has 12 nitrogen and oxygen atoms in total. The molecule has 1 aliphatic heterocycles. The molecule has 118 valence electrons. The summed E-state index contributed by atoms with van der Waals surface area (Å²) in [5, 5.41) is 19.6. The first-order valence-corrected chi connectivity index (χ1v) is 7.14. The predicted molar refractivity (Wildman–Crippen MR) is 64.6 cm³/mol. The molecule has 0 bridgehead atoms. The van der Waals surface area contributed by atoms with Gasteiger partial charge in [-0.2, -0.15) is 4.98 Å². The van der Waals surface area contributed by atoms with Gasteiger partial charge >= 0.3 is 13.5 Å². The van der Waals surface area contributed by atoms with Gasteiger partial charge in [-0.25, -0.2) is 14.3 Å². The first-order chi connectivity index (χ1) is 9.69. The Hall–Kier alpha value is -1.40. The summed E-state index contributed by atoms with van der Waals surface area (Å²) < 4.78 is 20.8. The molecule has 13 heteroatoms. The summed E-state index contributed by atoms with van der Waals surface area (Å²) in [5.74, 6) is -0.273. The molecule has 0 amide bonds. The molecule has 6 N–H and O–H groups in total. The van der Waals surface area contributed by atoms with Crippen LogP contribution in [0, 0.1) is 0 Å². The SMILES string of the molecule is Nc1ncn([C@@H]2O[C@@H](COP(=O)(O)O)[C@@H](O)[C@H]2O)c(=O)n1. The Morgan fingerprint density at radius 2 is 2.10 bits per heavy atom. The van der Waals surface area contributed by atoms with Gasteiger partial charge in [-0.1, -0.05) is 0 Å². The maximum Gasteiger partial charge on any atom is 0.469 e. The molecular formula is C8H13N4O8P. The van der Waals surface area contributed by atoms with E-state index in [9.17, 15) is 19.6 Å². The lowest BCUT2D eigenvalue weighted by Gasteiger charge is -2.16. The van der Waals surface area contributed by atoms with E-state index in [0.29, 0.717) is 0 Å². The zero-order valence-corrected chi connectivity index (χ0v) is 11.3. The molecule has 0 aliphatic carbocycles. The number of aliphatic hydroxyl groups excluding tert-OH is 2. The molecule has 21 heavy (non-hydrogen) atoms. The third-order valence-corrected chi connectivity index (χ3v) is 3.25. The van der Waals surface area contributed by atoms with Crippen LogP contribution in [0.25, 0.3) is 0 Å². The van der Waals surface area contributed by atoms with Crippen LogP contribution in [-0.4, -0.2) is 59.5 Å². The van der Waals surface area contributed by atoms with Crippen molar-refractivity contribution in [2.75, 3.05) is 12.3 Å². The van der Waals surface area contributed by atoms with Crippen molar-refractivity contribution >= 4 is 13.8 Å². The van der Waals surface area contributed by atoms with Crippen LogP contribution in [-0.2, 0) is 13.8 Å². The number of hydrogen-bond acceptors (Lipinski definition) is 9. The van der Waals surface area contributed by atoms with Crippen molar-refractivity contribution in [2.24, 2.45) is 0 Å². The summed E-state index contributed by atoms with van der Waals surface area (Å²) in [6.45, 7) is -0.677. The lowest BCUT2D eigenvalue weighted by Crippen LogP contribution is -2.36. The summed E-state index contributed by atoms with van der Waals surface area (Å²) >= 11 is 0. The Kier molecular flexibility index (Phi) is 4.39. The lowest BCUT2D eigenvalue weighted by atomic mass is 10.1. The van der Waals surface area contributed by atoms with E-state index in [1.807, 2.05) is 0 Å². The molecule has 2 rings (SSSR count). The van der Waals surface area contributed by atoms with E-state index in [-0.39, 0.29) is 5.95 Å². The van der Waals surface area contributed by atoms with E-state index < -0.39 is 44.7 Å². The fourth-order valence-electron chi connectivity index (χ4n) is 1.80. The zero-order valence-electron chi connectivity index (χ0n) is 10.4. The summed E-state index contributed by atoms with van der Waals surface area (Å²) in [7, 11) is -4.75. The van der Waals surface area contributed by atoms with Crippen LogP contribution in [0.5, 0.6) is 0 Å². The minimum Gasteiger partial charge on any atom is -0.387 e. The third-order valence-electron chi connectivity index (χ3n) is 2.76. The number of anilines is 1. The van der Waals surface area contributed by atoms with Crippen molar-refractivity contribution in [1.29, 1.82) is 0 Å². The van der Waals surface area contributed by atoms with Gasteiger partial charge in [-0.3, -0.25) is 9.09 Å². The number of hydrogen-bond donors (Lipinski definition) is 5. The number of ether oxygens (including phenoxy) is 1. The maximum atomic E-state index is 11.6. The summed E-state index contributed by atoms with van der Waals surface area (Å²) in [6.07, 6.45) is -4.68. The molecule has 1 saturated heterocycles. The normalized spacial score (nSPS) is 29.7. The van der Waals surface area contributed by atoms with Gasteiger partial charge in [0, 0.05) is 0 Å². The van der Waals surface area contributed by atoms with Crippen LogP contribution < -0.4 is 11.4 Å². The quantitative estimate of drug-likeness (QED) is 0.353. The molecular weight excluding hydrogens is 311 g/mol. The van der Waals surface area contributed by atoms with Crippen LogP contribution in [0.1, 0.15) is 6.23 Å². The van der Waals surface area contributed by atoms with Gasteiger partial charge in [0.05, 0.1) is 6.61 Å². The van der Waals surface area contributed by atoms with E-state index in [4.69, 9.17) is 20.3 Å². The topological polar surface area (TPSA) is 190 Å². The highest BCUT2D eigenvalue weighted by atomic mass is 31.2. The second-order valence-electron chi connectivity index (χ2n) is 4.24. The van der Waals surface area contributed by atoms with Gasteiger partial charge < -0.3 is 30.5 Å². The highest BCUT2D eigenvalue weighted by Gasteiger charge is 2.45. The van der Waals surface area contributed by atoms with E-state index in [2.05, 4.69) is 14.5 Å². The minimum atomic E-state index is -4.75. The molecule has 0 saturated carbocycles. The van der Waals surface area contributed by atoms with Crippen LogP contribution in [0.15, 0.2) is 11.1 Å². The van der Waals surface area contributed by atoms with Crippen molar-refractivity contribution in [2.45, 2.75) is 24.5 Å². The van der Waals surface area contributed by atoms with Crippen molar-refractivity contribution in [3.05, 3.63) is 16.8 Å². The van der Waals surface area contributed by atoms with E-state index >= 15 is 0 Å². The molecule has 1 aromatic rings. The van der Waals surface area contributed by atoms with Crippen molar-refractivity contribution in [3.8, 4) is 0 Å². The van der Waals surface area contributed by atoms with Crippen LogP contribution in [0.2, 0.25) is 0 Å². The second kappa shape index (κ2) is 5.77. The van der Waals surface area contributed by atoms with Crippen molar-refractivity contribution in [1.82, 2.24) is 14.5 Å². The molecule has 1 fully saturated rings. The average Bonchev–Trinajstić information content (AvgIpc) is 2.64. The number of rotatable bonds is 4. The Bertz CT molecular complexity index is 617. The summed E-state index contributed by atoms with van der Waals surface area (Å²) in [6, 6.07) is 0. The minimum absolute atomic E-state index is 0.273. The fraction of sp³-hybridized carbons (Fsp3) is 0.625. The average molecular weight is 324 g/mol. The number of aromatic nitrogens is 3. The standard InChI is InChI=1S/C8H13N4O8P/c9-7-10-2-12(8(15)11-7)6-5(14)4(13)3(20-6)1-19-21(16,17)18/h2-6,13-14H,1H2,(H2,9,11,15)(H2,16,17,18)/t3-,4+,5+,6+/m0/s1.